The predicted octanol–water partition coefficient (Wildman–Crippen LogP) is 3.38. The molecule has 0 amide bonds. The van der Waals surface area contributed by atoms with Crippen LogP contribution >= 0.6 is 27.5 Å². The first-order valence-electron chi connectivity index (χ1n) is 6.10. The number of ether oxygens (including phenoxy) is 2. The van der Waals surface area contributed by atoms with Gasteiger partial charge in [0.15, 0.2) is 0 Å². The molecule has 5 nitrogen and oxygen atoms in total. The SMILES string of the molecule is C#CCCOc1ccc(Br)cc1N/N=C(\Cl)C(=O)OCC. The molecule has 0 saturated carbocycles. The van der Waals surface area contributed by atoms with Crippen molar-refractivity contribution < 1.29 is 14.3 Å². The summed E-state index contributed by atoms with van der Waals surface area (Å²) in [6.45, 7) is 2.28. The van der Waals surface area contributed by atoms with E-state index >= 15 is 0 Å². The fourth-order valence-electron chi connectivity index (χ4n) is 1.28. The summed E-state index contributed by atoms with van der Waals surface area (Å²) in [5.74, 6) is 2.33. The summed E-state index contributed by atoms with van der Waals surface area (Å²) in [5.41, 5.74) is 3.21. The zero-order valence-electron chi connectivity index (χ0n) is 11.4. The van der Waals surface area contributed by atoms with Crippen LogP contribution in [0.3, 0.4) is 0 Å². The van der Waals surface area contributed by atoms with Crippen LogP contribution in [0.15, 0.2) is 27.8 Å². The molecule has 0 unspecified atom stereocenters. The van der Waals surface area contributed by atoms with Gasteiger partial charge in [0.2, 0.25) is 5.17 Å². The smallest absolute Gasteiger partial charge is 0.370 e. The number of carbonyl (C=O) groups is 1. The van der Waals surface area contributed by atoms with Crippen LogP contribution in [-0.4, -0.2) is 24.4 Å². The predicted molar refractivity (Wildman–Crippen MR) is 86.6 cm³/mol. The summed E-state index contributed by atoms with van der Waals surface area (Å²) >= 11 is 9.05. The van der Waals surface area contributed by atoms with Crippen LogP contribution < -0.4 is 10.2 Å². The summed E-state index contributed by atoms with van der Waals surface area (Å²) in [4.78, 5) is 11.3. The van der Waals surface area contributed by atoms with E-state index in [1.807, 2.05) is 6.07 Å². The van der Waals surface area contributed by atoms with E-state index in [4.69, 9.17) is 27.5 Å². The molecule has 7 heteroatoms. The monoisotopic (exact) mass is 372 g/mol. The van der Waals surface area contributed by atoms with E-state index in [2.05, 4.69) is 32.4 Å². The third kappa shape index (κ3) is 6.06. The highest BCUT2D eigenvalue weighted by molar-refractivity contribution is 9.10. The van der Waals surface area contributed by atoms with Crippen molar-refractivity contribution in [2.75, 3.05) is 18.6 Å². The van der Waals surface area contributed by atoms with Gasteiger partial charge in [-0.2, -0.15) is 5.10 Å². The molecule has 0 fully saturated rings. The topological polar surface area (TPSA) is 59.9 Å². The average Bonchev–Trinajstić information content (AvgIpc) is 2.47. The summed E-state index contributed by atoms with van der Waals surface area (Å²) in [7, 11) is 0. The first-order valence-corrected chi connectivity index (χ1v) is 7.27. The Labute approximate surface area is 136 Å². The molecule has 112 valence electrons. The van der Waals surface area contributed by atoms with Crippen molar-refractivity contribution in [1.82, 2.24) is 0 Å². The second kappa shape index (κ2) is 9.27. The molecular formula is C14H14BrClN2O3. The van der Waals surface area contributed by atoms with Crippen LogP contribution in [0, 0.1) is 12.3 Å². The Kier molecular flexibility index (Phi) is 7.65. The van der Waals surface area contributed by atoms with Gasteiger partial charge in [-0.25, -0.2) is 4.79 Å². The first kappa shape index (κ1) is 17.3. The van der Waals surface area contributed by atoms with E-state index in [1.165, 1.54) is 0 Å². The lowest BCUT2D eigenvalue weighted by atomic mass is 10.3. The van der Waals surface area contributed by atoms with Gasteiger partial charge in [-0.1, -0.05) is 27.5 Å². The van der Waals surface area contributed by atoms with E-state index in [0.717, 1.165) is 4.47 Å². The lowest BCUT2D eigenvalue weighted by Gasteiger charge is -2.10. The number of benzene rings is 1. The Balaban J connectivity index is 2.81. The quantitative estimate of drug-likeness (QED) is 0.262. The van der Waals surface area contributed by atoms with Gasteiger partial charge in [0.25, 0.3) is 0 Å². The highest BCUT2D eigenvalue weighted by atomic mass is 79.9. The van der Waals surface area contributed by atoms with E-state index < -0.39 is 5.97 Å². The summed E-state index contributed by atoms with van der Waals surface area (Å²) in [5, 5.41) is 3.46. The molecular weight excluding hydrogens is 360 g/mol. The highest BCUT2D eigenvalue weighted by Crippen LogP contribution is 2.28. The van der Waals surface area contributed by atoms with Gasteiger partial charge >= 0.3 is 5.97 Å². The van der Waals surface area contributed by atoms with Crippen LogP contribution in [0.4, 0.5) is 5.69 Å². The highest BCUT2D eigenvalue weighted by Gasteiger charge is 2.10. The van der Waals surface area contributed by atoms with E-state index in [1.54, 1.807) is 19.1 Å². The number of hydrazone groups is 1. The molecule has 0 atom stereocenters. The number of terminal acetylenes is 1. The molecule has 0 bridgehead atoms. The normalized spacial score (nSPS) is 10.7. The molecule has 1 aromatic rings. The van der Waals surface area contributed by atoms with Crippen LogP contribution in [0.5, 0.6) is 5.75 Å². The third-order valence-corrected chi connectivity index (χ3v) is 2.90. The Bertz CT molecular complexity index is 570. The van der Waals surface area contributed by atoms with Crippen molar-refractivity contribution in [1.29, 1.82) is 0 Å². The molecule has 0 spiro atoms. The van der Waals surface area contributed by atoms with Gasteiger partial charge in [0, 0.05) is 10.9 Å². The molecule has 0 radical (unpaired) electrons. The maximum absolute atomic E-state index is 11.3. The van der Waals surface area contributed by atoms with Crippen molar-refractivity contribution >= 4 is 44.4 Å². The van der Waals surface area contributed by atoms with Gasteiger partial charge < -0.3 is 9.47 Å². The lowest BCUT2D eigenvalue weighted by Crippen LogP contribution is -2.13. The van der Waals surface area contributed by atoms with Crippen molar-refractivity contribution in [3.63, 3.8) is 0 Å². The van der Waals surface area contributed by atoms with Crippen molar-refractivity contribution in [3.05, 3.63) is 22.7 Å². The molecule has 0 aromatic heterocycles. The van der Waals surface area contributed by atoms with Crippen molar-refractivity contribution in [3.8, 4) is 18.1 Å². The van der Waals surface area contributed by atoms with Crippen LogP contribution in [0.25, 0.3) is 0 Å². The number of nitrogens with one attached hydrogen (secondary N) is 1. The molecule has 1 rings (SSSR count). The van der Waals surface area contributed by atoms with Crippen LogP contribution in [0.2, 0.25) is 0 Å². The lowest BCUT2D eigenvalue weighted by molar-refractivity contribution is -0.134. The number of hydrogen-bond donors (Lipinski definition) is 1. The fraction of sp³-hybridized carbons (Fsp3) is 0.286. The minimum absolute atomic E-state index is 0.224. The third-order valence-electron chi connectivity index (χ3n) is 2.16. The number of rotatable bonds is 7. The molecule has 0 aliphatic rings. The van der Waals surface area contributed by atoms with E-state index in [9.17, 15) is 4.79 Å². The number of hydrogen-bond acceptors (Lipinski definition) is 5. The maximum Gasteiger partial charge on any atom is 0.370 e. The Hall–Kier alpha value is -1.71. The standard InChI is InChI=1S/C14H14BrClN2O3/c1-3-5-8-21-12-7-6-10(15)9-11(12)17-18-13(16)14(19)20-4-2/h1,6-7,9,17H,4-5,8H2,2H3/b18-13-. The maximum atomic E-state index is 11.3. The number of anilines is 1. The zero-order valence-corrected chi connectivity index (χ0v) is 13.7. The first-order chi connectivity index (χ1) is 10.1. The molecule has 0 saturated heterocycles. The minimum atomic E-state index is -0.698. The number of carbonyl (C=O) groups excluding carboxylic acids is 1. The summed E-state index contributed by atoms with van der Waals surface area (Å²) in [6, 6.07) is 5.30. The second-order valence-corrected chi connectivity index (χ2v) is 4.95. The average molecular weight is 374 g/mol. The molecule has 0 heterocycles. The second-order valence-electron chi connectivity index (χ2n) is 3.68. The van der Waals surface area contributed by atoms with Gasteiger partial charge in [-0.05, 0) is 25.1 Å². The molecule has 1 aromatic carbocycles. The largest absolute Gasteiger partial charge is 0.490 e. The Morgan fingerprint density at radius 2 is 2.33 bits per heavy atom. The van der Waals surface area contributed by atoms with Crippen molar-refractivity contribution in [2.45, 2.75) is 13.3 Å². The fourth-order valence-corrected chi connectivity index (χ4v) is 1.74. The zero-order chi connectivity index (χ0) is 15.7. The van der Waals surface area contributed by atoms with Crippen molar-refractivity contribution in [2.24, 2.45) is 5.10 Å². The van der Waals surface area contributed by atoms with Crippen LogP contribution in [-0.2, 0) is 9.53 Å². The van der Waals surface area contributed by atoms with Crippen LogP contribution in [0.1, 0.15) is 13.3 Å². The molecule has 1 N–H and O–H groups in total. The minimum Gasteiger partial charge on any atom is -0.490 e. The van der Waals surface area contributed by atoms with Gasteiger partial charge in [-0.15, -0.1) is 12.3 Å². The van der Waals surface area contributed by atoms with E-state index in [-0.39, 0.29) is 11.8 Å². The molecule has 21 heavy (non-hydrogen) atoms. The van der Waals surface area contributed by atoms with Gasteiger partial charge in [0.1, 0.15) is 5.75 Å². The number of nitrogens with zero attached hydrogens (tertiary/aromatic N) is 1. The summed E-state index contributed by atoms with van der Waals surface area (Å²) in [6.07, 6.45) is 5.66. The van der Waals surface area contributed by atoms with Gasteiger partial charge in [0.05, 0.1) is 18.9 Å². The van der Waals surface area contributed by atoms with E-state index in [0.29, 0.717) is 24.5 Å². The molecule has 0 aliphatic heterocycles. The number of halogens is 2. The summed E-state index contributed by atoms with van der Waals surface area (Å²) < 4.78 is 11.1. The molecule has 0 aliphatic carbocycles. The Morgan fingerprint density at radius 1 is 1.57 bits per heavy atom. The number of esters is 1. The Morgan fingerprint density at radius 3 is 3.00 bits per heavy atom. The van der Waals surface area contributed by atoms with Gasteiger partial charge in [-0.3, -0.25) is 5.43 Å².